The zero-order valence-corrected chi connectivity index (χ0v) is 12.8. The molecule has 2 aromatic carbocycles. The lowest BCUT2D eigenvalue weighted by Crippen LogP contribution is -2.13. The summed E-state index contributed by atoms with van der Waals surface area (Å²) >= 11 is 6.84. The molecule has 1 heterocycles. The van der Waals surface area contributed by atoms with Crippen molar-refractivity contribution in [1.82, 2.24) is 0 Å². The minimum Gasteiger partial charge on any atom is -0.320 e. The van der Waals surface area contributed by atoms with Gasteiger partial charge in [-0.15, -0.1) is 0 Å². The molecule has 0 saturated heterocycles. The number of halogens is 2. The van der Waals surface area contributed by atoms with E-state index in [1.807, 2.05) is 42.5 Å². The van der Waals surface area contributed by atoms with Gasteiger partial charge in [0.15, 0.2) is 0 Å². The van der Waals surface area contributed by atoms with Gasteiger partial charge in [0.2, 0.25) is 0 Å². The number of anilines is 1. The first-order valence-corrected chi connectivity index (χ1v) is 7.18. The van der Waals surface area contributed by atoms with E-state index in [0.29, 0.717) is 5.71 Å². The van der Waals surface area contributed by atoms with E-state index in [1.165, 1.54) is 0 Å². The number of nitrogens with one attached hydrogen (secondary N) is 1. The third-order valence-corrected chi connectivity index (χ3v) is 3.95. The SMILES string of the molecule is O=C1Nc2ccc(Br)cc2C1=Nc1ccccc1Br. The third kappa shape index (κ3) is 2.35. The second-order valence-corrected chi connectivity index (χ2v) is 5.83. The summed E-state index contributed by atoms with van der Waals surface area (Å²) < 4.78 is 1.78. The summed E-state index contributed by atoms with van der Waals surface area (Å²) in [5.41, 5.74) is 2.78. The molecular weight excluding hydrogens is 372 g/mol. The van der Waals surface area contributed by atoms with Crippen molar-refractivity contribution < 1.29 is 4.79 Å². The number of carbonyl (C=O) groups is 1. The first kappa shape index (κ1) is 12.6. The summed E-state index contributed by atoms with van der Waals surface area (Å²) in [6.45, 7) is 0. The molecule has 0 atom stereocenters. The van der Waals surface area contributed by atoms with Gasteiger partial charge in [0.1, 0.15) is 5.71 Å². The van der Waals surface area contributed by atoms with Crippen LogP contribution in [0, 0.1) is 0 Å². The maximum absolute atomic E-state index is 12.0. The van der Waals surface area contributed by atoms with Gasteiger partial charge in [-0.2, -0.15) is 0 Å². The van der Waals surface area contributed by atoms with Crippen LogP contribution in [0.5, 0.6) is 0 Å². The number of amides is 1. The normalized spacial score (nSPS) is 15.5. The maximum Gasteiger partial charge on any atom is 0.275 e. The molecule has 0 spiro atoms. The first-order chi connectivity index (χ1) is 9.15. The van der Waals surface area contributed by atoms with Crippen LogP contribution in [0.15, 0.2) is 56.4 Å². The van der Waals surface area contributed by atoms with E-state index < -0.39 is 0 Å². The Labute approximate surface area is 127 Å². The van der Waals surface area contributed by atoms with Crippen LogP contribution in [-0.4, -0.2) is 11.6 Å². The topological polar surface area (TPSA) is 41.5 Å². The summed E-state index contributed by atoms with van der Waals surface area (Å²) in [7, 11) is 0. The second-order valence-electron chi connectivity index (χ2n) is 4.06. The average Bonchev–Trinajstić information content (AvgIpc) is 2.69. The monoisotopic (exact) mass is 378 g/mol. The van der Waals surface area contributed by atoms with Crippen LogP contribution in [0.4, 0.5) is 11.4 Å². The molecular formula is C14H8Br2N2O. The van der Waals surface area contributed by atoms with E-state index in [1.54, 1.807) is 0 Å². The molecule has 1 aliphatic rings. The lowest BCUT2D eigenvalue weighted by atomic mass is 10.1. The van der Waals surface area contributed by atoms with Gasteiger partial charge in [0.25, 0.3) is 5.91 Å². The van der Waals surface area contributed by atoms with Gasteiger partial charge >= 0.3 is 0 Å². The smallest absolute Gasteiger partial charge is 0.275 e. The number of rotatable bonds is 1. The van der Waals surface area contributed by atoms with Crippen LogP contribution in [-0.2, 0) is 4.79 Å². The highest BCUT2D eigenvalue weighted by atomic mass is 79.9. The van der Waals surface area contributed by atoms with Gasteiger partial charge in [0, 0.05) is 14.5 Å². The van der Waals surface area contributed by atoms with Gasteiger partial charge < -0.3 is 5.32 Å². The maximum atomic E-state index is 12.0. The molecule has 94 valence electrons. The molecule has 0 bridgehead atoms. The zero-order valence-electron chi connectivity index (χ0n) is 9.65. The van der Waals surface area contributed by atoms with E-state index >= 15 is 0 Å². The molecule has 19 heavy (non-hydrogen) atoms. The third-order valence-electron chi connectivity index (χ3n) is 2.78. The van der Waals surface area contributed by atoms with E-state index in [-0.39, 0.29) is 5.91 Å². The number of carbonyl (C=O) groups excluding carboxylic acids is 1. The Morgan fingerprint density at radius 3 is 2.63 bits per heavy atom. The molecule has 1 aliphatic heterocycles. The number of hydrogen-bond donors (Lipinski definition) is 1. The number of benzene rings is 2. The molecule has 0 radical (unpaired) electrons. The molecule has 0 aromatic heterocycles. The molecule has 1 amide bonds. The van der Waals surface area contributed by atoms with Crippen LogP contribution in [0.1, 0.15) is 5.56 Å². The lowest BCUT2D eigenvalue weighted by Gasteiger charge is -2.00. The summed E-state index contributed by atoms with van der Waals surface area (Å²) in [5, 5.41) is 2.81. The van der Waals surface area contributed by atoms with Crippen molar-refractivity contribution in [2.24, 2.45) is 4.99 Å². The molecule has 2 aromatic rings. The second kappa shape index (κ2) is 4.90. The Kier molecular flexibility index (Phi) is 3.24. The largest absolute Gasteiger partial charge is 0.320 e. The van der Waals surface area contributed by atoms with E-state index in [9.17, 15) is 4.79 Å². The van der Waals surface area contributed by atoms with Gasteiger partial charge in [-0.05, 0) is 46.3 Å². The average molecular weight is 380 g/mol. The number of nitrogens with zero attached hydrogens (tertiary/aromatic N) is 1. The minimum atomic E-state index is -0.177. The van der Waals surface area contributed by atoms with E-state index in [2.05, 4.69) is 42.2 Å². The fourth-order valence-electron chi connectivity index (χ4n) is 1.90. The van der Waals surface area contributed by atoms with E-state index in [4.69, 9.17) is 0 Å². The first-order valence-electron chi connectivity index (χ1n) is 5.59. The van der Waals surface area contributed by atoms with Crippen LogP contribution in [0.3, 0.4) is 0 Å². The van der Waals surface area contributed by atoms with Crippen molar-refractivity contribution in [1.29, 1.82) is 0 Å². The quantitative estimate of drug-likeness (QED) is 0.789. The Morgan fingerprint density at radius 1 is 1.05 bits per heavy atom. The van der Waals surface area contributed by atoms with Crippen molar-refractivity contribution in [3.63, 3.8) is 0 Å². The van der Waals surface area contributed by atoms with Gasteiger partial charge in [0.05, 0.1) is 11.4 Å². The number of para-hydroxylation sites is 1. The van der Waals surface area contributed by atoms with Crippen molar-refractivity contribution in [2.45, 2.75) is 0 Å². The molecule has 3 rings (SSSR count). The van der Waals surface area contributed by atoms with Crippen molar-refractivity contribution in [2.75, 3.05) is 5.32 Å². The zero-order chi connectivity index (χ0) is 13.4. The Morgan fingerprint density at radius 2 is 1.84 bits per heavy atom. The summed E-state index contributed by atoms with van der Waals surface area (Å²) in [4.78, 5) is 16.4. The number of aliphatic imine (C=N–C) groups is 1. The van der Waals surface area contributed by atoms with Crippen LogP contribution in [0.2, 0.25) is 0 Å². The van der Waals surface area contributed by atoms with Gasteiger partial charge in [-0.1, -0.05) is 28.1 Å². The predicted molar refractivity (Wildman–Crippen MR) is 83.1 cm³/mol. The Hall–Kier alpha value is -1.46. The van der Waals surface area contributed by atoms with Crippen molar-refractivity contribution >= 4 is 54.9 Å². The van der Waals surface area contributed by atoms with Crippen LogP contribution >= 0.6 is 31.9 Å². The molecule has 0 fully saturated rings. The molecule has 3 nitrogen and oxygen atoms in total. The predicted octanol–water partition coefficient (Wildman–Crippen LogP) is 4.28. The summed E-state index contributed by atoms with van der Waals surface area (Å²) in [6.07, 6.45) is 0. The minimum absolute atomic E-state index is 0.177. The molecule has 5 heteroatoms. The highest BCUT2D eigenvalue weighted by Crippen LogP contribution is 2.30. The van der Waals surface area contributed by atoms with Crippen LogP contribution < -0.4 is 5.32 Å². The van der Waals surface area contributed by atoms with E-state index in [0.717, 1.165) is 25.9 Å². The number of hydrogen-bond acceptors (Lipinski definition) is 2. The Bertz CT molecular complexity index is 710. The molecule has 1 N–H and O–H groups in total. The van der Waals surface area contributed by atoms with Crippen LogP contribution in [0.25, 0.3) is 0 Å². The van der Waals surface area contributed by atoms with Gasteiger partial charge in [-0.3, -0.25) is 4.79 Å². The fourth-order valence-corrected chi connectivity index (χ4v) is 2.63. The standard InChI is InChI=1S/C14H8Br2N2O/c15-8-5-6-11-9(7-8)13(14(19)18-11)17-12-4-2-1-3-10(12)16/h1-7H,(H,17,18,19). The fraction of sp³-hybridized carbons (Fsp3) is 0. The lowest BCUT2D eigenvalue weighted by molar-refractivity contribution is -0.110. The Balaban J connectivity index is 2.14. The van der Waals surface area contributed by atoms with Crippen molar-refractivity contribution in [3.8, 4) is 0 Å². The molecule has 0 saturated carbocycles. The highest BCUT2D eigenvalue weighted by molar-refractivity contribution is 9.10. The summed E-state index contributed by atoms with van der Waals surface area (Å²) in [6, 6.07) is 13.2. The van der Waals surface area contributed by atoms with Gasteiger partial charge in [-0.25, -0.2) is 4.99 Å². The summed E-state index contributed by atoms with van der Waals surface area (Å²) in [5.74, 6) is -0.177. The highest BCUT2D eigenvalue weighted by Gasteiger charge is 2.26. The molecule has 0 aliphatic carbocycles. The molecule has 0 unspecified atom stereocenters. The number of fused-ring (bicyclic) bond motifs is 1. The van der Waals surface area contributed by atoms with Crippen molar-refractivity contribution in [3.05, 3.63) is 57.0 Å².